The predicted octanol–water partition coefficient (Wildman–Crippen LogP) is 2.93. The molecule has 2 heterocycles. The zero-order valence-electron chi connectivity index (χ0n) is 10.3. The van der Waals surface area contributed by atoms with Crippen LogP contribution < -0.4 is 5.32 Å². The molecule has 5 nitrogen and oxygen atoms in total. The Hall–Kier alpha value is -2.14. The van der Waals surface area contributed by atoms with Crippen LogP contribution in [0.25, 0.3) is 11.2 Å². The first kappa shape index (κ1) is 11.9. The van der Waals surface area contributed by atoms with E-state index in [-0.39, 0.29) is 0 Å². The van der Waals surface area contributed by atoms with Gasteiger partial charge in [0.05, 0.1) is 0 Å². The van der Waals surface area contributed by atoms with Gasteiger partial charge in [0.25, 0.3) is 0 Å². The van der Waals surface area contributed by atoms with Gasteiger partial charge in [0.1, 0.15) is 17.7 Å². The highest BCUT2D eigenvalue weighted by molar-refractivity contribution is 6.30. The molecule has 0 unspecified atom stereocenters. The molecule has 0 aliphatic rings. The zero-order valence-corrected chi connectivity index (χ0v) is 11.1. The molecular weight excluding hydrogens is 262 g/mol. The average Bonchev–Trinajstić information content (AvgIpc) is 2.79. The van der Waals surface area contributed by atoms with Crippen LogP contribution in [0.5, 0.6) is 0 Å². The minimum atomic E-state index is 0.668. The number of aromatic nitrogens is 4. The van der Waals surface area contributed by atoms with Crippen molar-refractivity contribution in [3.05, 3.63) is 47.0 Å². The summed E-state index contributed by atoms with van der Waals surface area (Å²) in [5.74, 6) is 1.57. The second-order valence-corrected chi connectivity index (χ2v) is 4.66. The van der Waals surface area contributed by atoms with Crippen molar-refractivity contribution in [1.29, 1.82) is 0 Å². The number of H-pyrrole nitrogens is 1. The van der Waals surface area contributed by atoms with Crippen molar-refractivity contribution < 1.29 is 0 Å². The number of fused-ring (bicyclic) bond motifs is 1. The number of hydrogen-bond donors (Lipinski definition) is 2. The summed E-state index contributed by atoms with van der Waals surface area (Å²) in [6, 6.07) is 7.70. The fourth-order valence-electron chi connectivity index (χ4n) is 1.87. The van der Waals surface area contributed by atoms with E-state index in [4.69, 9.17) is 11.6 Å². The van der Waals surface area contributed by atoms with Gasteiger partial charge in [-0.2, -0.15) is 0 Å². The Morgan fingerprint density at radius 3 is 2.79 bits per heavy atom. The summed E-state index contributed by atoms with van der Waals surface area (Å²) in [6.07, 6.45) is 1.51. The number of rotatable bonds is 3. The van der Waals surface area contributed by atoms with Crippen molar-refractivity contribution >= 4 is 28.6 Å². The van der Waals surface area contributed by atoms with Crippen molar-refractivity contribution in [1.82, 2.24) is 19.9 Å². The highest BCUT2D eigenvalue weighted by Gasteiger charge is 2.07. The van der Waals surface area contributed by atoms with Gasteiger partial charge in [-0.1, -0.05) is 23.7 Å². The number of nitrogens with one attached hydrogen (secondary N) is 2. The third-order valence-electron chi connectivity index (χ3n) is 2.78. The number of aromatic amines is 1. The van der Waals surface area contributed by atoms with E-state index in [1.54, 1.807) is 0 Å². The lowest BCUT2D eigenvalue weighted by Gasteiger charge is -2.06. The second-order valence-electron chi connectivity index (χ2n) is 4.22. The van der Waals surface area contributed by atoms with Crippen LogP contribution in [0.15, 0.2) is 30.6 Å². The van der Waals surface area contributed by atoms with Gasteiger partial charge in [0, 0.05) is 11.6 Å². The maximum atomic E-state index is 5.86. The van der Waals surface area contributed by atoms with Gasteiger partial charge in [-0.15, -0.1) is 0 Å². The topological polar surface area (TPSA) is 66.5 Å². The molecule has 1 aromatic carbocycles. The third kappa shape index (κ3) is 2.51. The normalized spacial score (nSPS) is 10.8. The summed E-state index contributed by atoms with van der Waals surface area (Å²) in [7, 11) is 0. The summed E-state index contributed by atoms with van der Waals surface area (Å²) in [6.45, 7) is 2.56. The maximum Gasteiger partial charge on any atom is 0.183 e. The van der Waals surface area contributed by atoms with Gasteiger partial charge in [0.2, 0.25) is 0 Å². The molecule has 3 aromatic rings. The standard InChI is InChI=1S/C13H12ClN5/c1-8-18-11-12(16-7-17-13(11)19-8)15-6-9-2-4-10(14)5-3-9/h2-5,7H,6H2,1H3,(H2,15,16,17,18,19). The Bertz CT molecular complexity index is 705. The van der Waals surface area contributed by atoms with Gasteiger partial charge in [0.15, 0.2) is 11.5 Å². The largest absolute Gasteiger partial charge is 0.364 e. The van der Waals surface area contributed by atoms with Gasteiger partial charge < -0.3 is 10.3 Å². The first-order valence-corrected chi connectivity index (χ1v) is 6.26. The first-order chi connectivity index (χ1) is 9.22. The molecule has 0 atom stereocenters. The van der Waals surface area contributed by atoms with E-state index in [1.807, 2.05) is 31.2 Å². The molecule has 19 heavy (non-hydrogen) atoms. The van der Waals surface area contributed by atoms with Crippen LogP contribution in [-0.2, 0) is 6.54 Å². The van der Waals surface area contributed by atoms with E-state index in [1.165, 1.54) is 6.33 Å². The van der Waals surface area contributed by atoms with E-state index in [9.17, 15) is 0 Å². The third-order valence-corrected chi connectivity index (χ3v) is 3.03. The summed E-state index contributed by atoms with van der Waals surface area (Å²) >= 11 is 5.86. The maximum absolute atomic E-state index is 5.86. The summed E-state index contributed by atoms with van der Waals surface area (Å²) < 4.78 is 0. The van der Waals surface area contributed by atoms with Crippen molar-refractivity contribution in [3.8, 4) is 0 Å². The minimum absolute atomic E-state index is 0.668. The number of nitrogens with zero attached hydrogens (tertiary/aromatic N) is 3. The molecule has 6 heteroatoms. The molecule has 0 saturated heterocycles. The predicted molar refractivity (Wildman–Crippen MR) is 75.2 cm³/mol. The monoisotopic (exact) mass is 273 g/mol. The quantitative estimate of drug-likeness (QED) is 0.770. The number of hydrogen-bond acceptors (Lipinski definition) is 4. The molecule has 0 aliphatic heterocycles. The molecule has 3 rings (SSSR count). The van der Waals surface area contributed by atoms with Crippen molar-refractivity contribution in [2.45, 2.75) is 13.5 Å². The first-order valence-electron chi connectivity index (χ1n) is 5.88. The van der Waals surface area contributed by atoms with E-state index in [0.29, 0.717) is 12.2 Å². The van der Waals surface area contributed by atoms with Gasteiger partial charge in [-0.05, 0) is 24.6 Å². The highest BCUT2D eigenvalue weighted by Crippen LogP contribution is 2.17. The second kappa shape index (κ2) is 4.85. The molecule has 0 fully saturated rings. The summed E-state index contributed by atoms with van der Waals surface area (Å²) in [5.41, 5.74) is 2.63. The Morgan fingerprint density at radius 2 is 2.00 bits per heavy atom. The van der Waals surface area contributed by atoms with Gasteiger partial charge >= 0.3 is 0 Å². The lowest BCUT2D eigenvalue weighted by molar-refractivity contribution is 1.10. The summed E-state index contributed by atoms with van der Waals surface area (Å²) in [4.78, 5) is 15.8. The van der Waals surface area contributed by atoms with Crippen molar-refractivity contribution in [2.75, 3.05) is 5.32 Å². The number of imidazole rings is 1. The molecule has 0 amide bonds. The molecule has 2 N–H and O–H groups in total. The number of anilines is 1. The Labute approximate surface area is 115 Å². The minimum Gasteiger partial charge on any atom is -0.364 e. The molecule has 0 spiro atoms. The van der Waals surface area contributed by atoms with Crippen LogP contribution in [0.2, 0.25) is 5.02 Å². The van der Waals surface area contributed by atoms with E-state index >= 15 is 0 Å². The van der Waals surface area contributed by atoms with Crippen LogP contribution in [0, 0.1) is 6.92 Å². The van der Waals surface area contributed by atoms with E-state index in [0.717, 1.165) is 27.7 Å². The van der Waals surface area contributed by atoms with Crippen LogP contribution in [0.1, 0.15) is 11.4 Å². The summed E-state index contributed by atoms with van der Waals surface area (Å²) in [5, 5.41) is 4.00. The fraction of sp³-hybridized carbons (Fsp3) is 0.154. The molecule has 0 saturated carbocycles. The van der Waals surface area contributed by atoms with Crippen molar-refractivity contribution in [2.24, 2.45) is 0 Å². The van der Waals surface area contributed by atoms with Gasteiger partial charge in [-0.25, -0.2) is 15.0 Å². The Morgan fingerprint density at radius 1 is 1.21 bits per heavy atom. The highest BCUT2D eigenvalue weighted by atomic mass is 35.5. The lowest BCUT2D eigenvalue weighted by Crippen LogP contribution is -2.02. The Balaban J connectivity index is 1.83. The van der Waals surface area contributed by atoms with Crippen LogP contribution in [0.3, 0.4) is 0 Å². The molecule has 2 aromatic heterocycles. The van der Waals surface area contributed by atoms with E-state index < -0.39 is 0 Å². The molecule has 0 radical (unpaired) electrons. The fourth-order valence-corrected chi connectivity index (χ4v) is 1.99. The van der Waals surface area contributed by atoms with Crippen molar-refractivity contribution in [3.63, 3.8) is 0 Å². The smallest absolute Gasteiger partial charge is 0.183 e. The number of halogens is 1. The lowest BCUT2D eigenvalue weighted by atomic mass is 10.2. The van der Waals surface area contributed by atoms with Crippen LogP contribution in [0.4, 0.5) is 5.82 Å². The number of aryl methyl sites for hydroxylation is 1. The molecule has 96 valence electrons. The molecule has 0 bridgehead atoms. The van der Waals surface area contributed by atoms with Crippen LogP contribution >= 0.6 is 11.6 Å². The average molecular weight is 274 g/mol. The molecule has 0 aliphatic carbocycles. The molecular formula is C13H12ClN5. The van der Waals surface area contributed by atoms with Crippen LogP contribution in [-0.4, -0.2) is 19.9 Å². The number of benzene rings is 1. The zero-order chi connectivity index (χ0) is 13.2. The van der Waals surface area contributed by atoms with Gasteiger partial charge in [-0.3, -0.25) is 0 Å². The Kier molecular flexibility index (Phi) is 3.05. The van der Waals surface area contributed by atoms with E-state index in [2.05, 4.69) is 25.3 Å². The SMILES string of the molecule is Cc1nc2ncnc(NCc3ccc(Cl)cc3)c2[nH]1.